The van der Waals surface area contributed by atoms with Crippen molar-refractivity contribution in [3.05, 3.63) is 29.8 Å². The summed E-state index contributed by atoms with van der Waals surface area (Å²) in [5.74, 6) is 1.69. The number of hydrogen-bond acceptors (Lipinski definition) is 2. The summed E-state index contributed by atoms with van der Waals surface area (Å²) in [7, 11) is 1.75. The first-order valence-electron chi connectivity index (χ1n) is 8.15. The van der Waals surface area contributed by atoms with Gasteiger partial charge in [-0.1, -0.05) is 52.8 Å². The third kappa shape index (κ3) is 5.70. The van der Waals surface area contributed by atoms with Crippen molar-refractivity contribution in [2.45, 2.75) is 54.0 Å². The van der Waals surface area contributed by atoms with Crippen LogP contribution in [0, 0.1) is 11.3 Å². The molecule has 0 aliphatic carbocycles. The summed E-state index contributed by atoms with van der Waals surface area (Å²) in [4.78, 5) is 2.55. The first kappa shape index (κ1) is 18.0. The average molecular weight is 291 g/mol. The minimum atomic E-state index is 0.383. The maximum Gasteiger partial charge on any atom is 0.123 e. The maximum atomic E-state index is 5.52. The van der Waals surface area contributed by atoms with Crippen molar-refractivity contribution in [2.24, 2.45) is 11.3 Å². The summed E-state index contributed by atoms with van der Waals surface area (Å²) in [5, 5.41) is 0. The first-order valence-corrected chi connectivity index (χ1v) is 8.15. The van der Waals surface area contributed by atoms with Gasteiger partial charge in [0.2, 0.25) is 0 Å². The van der Waals surface area contributed by atoms with Gasteiger partial charge >= 0.3 is 0 Å². The van der Waals surface area contributed by atoms with Gasteiger partial charge < -0.3 is 4.74 Å². The lowest BCUT2D eigenvalue weighted by molar-refractivity contribution is 0.165. The van der Waals surface area contributed by atoms with Crippen LogP contribution in [0.5, 0.6) is 5.75 Å². The van der Waals surface area contributed by atoms with Gasteiger partial charge in [-0.15, -0.1) is 0 Å². The predicted octanol–water partition coefficient (Wildman–Crippen LogP) is 5.15. The van der Waals surface area contributed by atoms with E-state index in [2.05, 4.69) is 64.6 Å². The number of benzene rings is 1. The SMILES string of the molecule is CCN(C[C@H](C)CC(C)(C)C)[C@@H](C)c1ccccc1OC. The zero-order chi connectivity index (χ0) is 16.0. The molecule has 2 atom stereocenters. The van der Waals surface area contributed by atoms with Crippen LogP contribution >= 0.6 is 0 Å². The van der Waals surface area contributed by atoms with Gasteiger partial charge in [-0.2, -0.15) is 0 Å². The van der Waals surface area contributed by atoms with Crippen LogP contribution in [-0.4, -0.2) is 25.1 Å². The molecule has 0 aliphatic heterocycles. The number of hydrogen-bond donors (Lipinski definition) is 0. The van der Waals surface area contributed by atoms with Crippen LogP contribution in [-0.2, 0) is 0 Å². The molecule has 0 spiro atoms. The highest BCUT2D eigenvalue weighted by Gasteiger charge is 2.22. The van der Waals surface area contributed by atoms with Crippen LogP contribution in [0.15, 0.2) is 24.3 Å². The van der Waals surface area contributed by atoms with Crippen LogP contribution < -0.4 is 4.74 Å². The van der Waals surface area contributed by atoms with E-state index in [1.54, 1.807) is 7.11 Å². The normalized spacial score (nSPS) is 15.0. The van der Waals surface area contributed by atoms with Crippen molar-refractivity contribution >= 4 is 0 Å². The van der Waals surface area contributed by atoms with E-state index in [0.717, 1.165) is 18.8 Å². The molecular formula is C19H33NO. The summed E-state index contributed by atoms with van der Waals surface area (Å²) >= 11 is 0. The van der Waals surface area contributed by atoms with Gasteiger partial charge in [0.1, 0.15) is 5.75 Å². The van der Waals surface area contributed by atoms with Gasteiger partial charge in [0, 0.05) is 18.2 Å². The van der Waals surface area contributed by atoms with E-state index in [1.807, 2.05) is 6.07 Å². The van der Waals surface area contributed by atoms with Crippen molar-refractivity contribution in [2.75, 3.05) is 20.2 Å². The number of rotatable bonds is 7. The van der Waals surface area contributed by atoms with Crippen LogP contribution in [0.4, 0.5) is 0 Å². The molecule has 0 saturated heterocycles. The van der Waals surface area contributed by atoms with Crippen molar-refractivity contribution in [3.63, 3.8) is 0 Å². The zero-order valence-corrected chi connectivity index (χ0v) is 14.9. The maximum absolute atomic E-state index is 5.52. The Labute approximate surface area is 131 Å². The molecule has 0 unspecified atom stereocenters. The Morgan fingerprint density at radius 2 is 1.76 bits per heavy atom. The second-order valence-corrected chi connectivity index (χ2v) is 7.38. The smallest absolute Gasteiger partial charge is 0.123 e. The van der Waals surface area contributed by atoms with E-state index in [-0.39, 0.29) is 0 Å². The van der Waals surface area contributed by atoms with Crippen molar-refractivity contribution in [1.29, 1.82) is 0 Å². The third-order valence-corrected chi connectivity index (χ3v) is 4.05. The first-order chi connectivity index (χ1) is 9.78. The Morgan fingerprint density at radius 3 is 2.29 bits per heavy atom. The number of nitrogens with zero attached hydrogens (tertiary/aromatic N) is 1. The summed E-state index contributed by atoms with van der Waals surface area (Å²) in [6, 6.07) is 8.75. The van der Waals surface area contributed by atoms with E-state index in [0.29, 0.717) is 17.4 Å². The fourth-order valence-electron chi connectivity index (χ4n) is 3.28. The van der Waals surface area contributed by atoms with Gasteiger partial charge in [0.25, 0.3) is 0 Å². The minimum absolute atomic E-state index is 0.383. The highest BCUT2D eigenvalue weighted by molar-refractivity contribution is 5.35. The molecule has 0 aliphatic rings. The molecule has 2 heteroatoms. The van der Waals surface area contributed by atoms with Crippen molar-refractivity contribution in [3.8, 4) is 5.75 Å². The number of para-hydroxylation sites is 1. The van der Waals surface area contributed by atoms with E-state index in [9.17, 15) is 0 Å². The van der Waals surface area contributed by atoms with E-state index in [4.69, 9.17) is 4.74 Å². The highest BCUT2D eigenvalue weighted by atomic mass is 16.5. The number of methoxy groups -OCH3 is 1. The largest absolute Gasteiger partial charge is 0.496 e. The van der Waals surface area contributed by atoms with E-state index < -0.39 is 0 Å². The molecule has 0 bridgehead atoms. The molecule has 0 heterocycles. The fourth-order valence-corrected chi connectivity index (χ4v) is 3.28. The van der Waals surface area contributed by atoms with Gasteiger partial charge in [0.15, 0.2) is 0 Å². The molecular weight excluding hydrogens is 258 g/mol. The Kier molecular flexibility index (Phi) is 6.73. The van der Waals surface area contributed by atoms with Crippen LogP contribution in [0.2, 0.25) is 0 Å². The Bertz CT molecular complexity index is 422. The summed E-state index contributed by atoms with van der Waals surface area (Å²) < 4.78 is 5.52. The lowest BCUT2D eigenvalue weighted by Gasteiger charge is -2.33. The summed E-state index contributed by atoms with van der Waals surface area (Å²) in [6.07, 6.45) is 1.25. The van der Waals surface area contributed by atoms with Crippen molar-refractivity contribution < 1.29 is 4.74 Å². The Morgan fingerprint density at radius 1 is 1.14 bits per heavy atom. The molecule has 1 aromatic rings. The minimum Gasteiger partial charge on any atom is -0.496 e. The van der Waals surface area contributed by atoms with Crippen LogP contribution in [0.3, 0.4) is 0 Å². The second-order valence-electron chi connectivity index (χ2n) is 7.38. The van der Waals surface area contributed by atoms with E-state index >= 15 is 0 Å². The lowest BCUT2D eigenvalue weighted by Crippen LogP contribution is -2.32. The van der Waals surface area contributed by atoms with Gasteiger partial charge in [-0.25, -0.2) is 0 Å². The molecule has 1 aromatic carbocycles. The van der Waals surface area contributed by atoms with Crippen molar-refractivity contribution in [1.82, 2.24) is 4.90 Å². The zero-order valence-electron chi connectivity index (χ0n) is 14.9. The Balaban J connectivity index is 2.79. The molecule has 21 heavy (non-hydrogen) atoms. The van der Waals surface area contributed by atoms with Gasteiger partial charge in [-0.3, -0.25) is 4.90 Å². The second kappa shape index (κ2) is 7.84. The molecule has 0 radical (unpaired) electrons. The topological polar surface area (TPSA) is 12.5 Å². The molecule has 0 fully saturated rings. The standard InChI is InChI=1S/C19H33NO/c1-8-20(14-15(2)13-19(4,5)6)16(3)17-11-9-10-12-18(17)21-7/h9-12,15-16H,8,13-14H2,1-7H3/t15-,16+/m1/s1. The molecule has 120 valence electrons. The third-order valence-electron chi connectivity index (χ3n) is 4.05. The van der Waals surface area contributed by atoms with E-state index in [1.165, 1.54) is 12.0 Å². The summed E-state index contributed by atoms with van der Waals surface area (Å²) in [5.41, 5.74) is 1.68. The monoisotopic (exact) mass is 291 g/mol. The highest BCUT2D eigenvalue weighted by Crippen LogP contribution is 2.31. The van der Waals surface area contributed by atoms with Gasteiger partial charge in [-0.05, 0) is 37.3 Å². The predicted molar refractivity (Wildman–Crippen MR) is 91.9 cm³/mol. The van der Waals surface area contributed by atoms with Gasteiger partial charge in [0.05, 0.1) is 7.11 Å². The molecule has 2 nitrogen and oxygen atoms in total. The fraction of sp³-hybridized carbons (Fsp3) is 0.684. The molecule has 0 aromatic heterocycles. The van der Waals surface area contributed by atoms with Crippen LogP contribution in [0.1, 0.15) is 59.6 Å². The molecule has 0 amide bonds. The quantitative estimate of drug-likeness (QED) is 0.689. The average Bonchev–Trinajstić information content (AvgIpc) is 2.42. The Hall–Kier alpha value is -1.02. The summed E-state index contributed by atoms with van der Waals surface area (Å²) in [6.45, 7) is 16.1. The molecule has 1 rings (SSSR count). The van der Waals surface area contributed by atoms with Crippen LogP contribution in [0.25, 0.3) is 0 Å². The lowest BCUT2D eigenvalue weighted by atomic mass is 9.85. The number of ether oxygens (including phenoxy) is 1. The molecule has 0 saturated carbocycles. The molecule has 0 N–H and O–H groups in total.